The zero-order chi connectivity index (χ0) is 15.1. The first-order valence-corrected chi connectivity index (χ1v) is 6.72. The van der Waals surface area contributed by atoms with E-state index in [-0.39, 0.29) is 11.7 Å². The number of anilines is 2. The number of aromatic hydroxyl groups is 1. The Balaban J connectivity index is 1.73. The number of benzene rings is 2. The Kier molecular flexibility index (Phi) is 5.04. The number of hydrogen-bond donors (Lipinski definition) is 3. The van der Waals surface area contributed by atoms with Gasteiger partial charge in [0.25, 0.3) is 0 Å². The van der Waals surface area contributed by atoms with Crippen molar-refractivity contribution in [3.8, 4) is 11.5 Å². The molecule has 2 aromatic carbocycles. The van der Waals surface area contributed by atoms with Crippen molar-refractivity contribution in [1.82, 2.24) is 0 Å². The van der Waals surface area contributed by atoms with E-state index < -0.39 is 0 Å². The predicted octanol–water partition coefficient (Wildman–Crippen LogP) is 2.77. The predicted molar refractivity (Wildman–Crippen MR) is 82.3 cm³/mol. The standard InChI is InChI=1S/C16H18N2O3/c17-12-6-1-4-9-15(12)21-11-5-10-16(20)18-13-7-2-3-8-14(13)19/h1-4,6-9,19H,5,10-11,17H2,(H,18,20). The molecule has 0 aliphatic heterocycles. The van der Waals surface area contributed by atoms with Gasteiger partial charge < -0.3 is 20.9 Å². The Bertz CT molecular complexity index is 614. The summed E-state index contributed by atoms with van der Waals surface area (Å²) in [5.41, 5.74) is 6.74. The largest absolute Gasteiger partial charge is 0.506 e. The molecule has 2 aromatic rings. The molecular weight excluding hydrogens is 268 g/mol. The van der Waals surface area contributed by atoms with Crippen LogP contribution >= 0.6 is 0 Å². The van der Waals surface area contributed by atoms with Gasteiger partial charge in [0.05, 0.1) is 18.0 Å². The van der Waals surface area contributed by atoms with Crippen LogP contribution in [0.5, 0.6) is 11.5 Å². The van der Waals surface area contributed by atoms with Crippen molar-refractivity contribution in [2.24, 2.45) is 0 Å². The van der Waals surface area contributed by atoms with E-state index >= 15 is 0 Å². The van der Waals surface area contributed by atoms with Crippen molar-refractivity contribution in [3.05, 3.63) is 48.5 Å². The molecule has 0 fully saturated rings. The van der Waals surface area contributed by atoms with Crippen LogP contribution < -0.4 is 15.8 Å². The lowest BCUT2D eigenvalue weighted by atomic mass is 10.2. The van der Waals surface area contributed by atoms with Crippen LogP contribution in [0.3, 0.4) is 0 Å². The van der Waals surface area contributed by atoms with Gasteiger partial charge in [0, 0.05) is 6.42 Å². The van der Waals surface area contributed by atoms with Gasteiger partial charge in [0.15, 0.2) is 0 Å². The number of rotatable bonds is 6. The molecule has 0 radical (unpaired) electrons. The van der Waals surface area contributed by atoms with Crippen molar-refractivity contribution in [2.75, 3.05) is 17.7 Å². The van der Waals surface area contributed by atoms with Crippen LogP contribution in [0, 0.1) is 0 Å². The molecule has 5 nitrogen and oxygen atoms in total. The van der Waals surface area contributed by atoms with Crippen molar-refractivity contribution >= 4 is 17.3 Å². The Morgan fingerprint density at radius 1 is 1.14 bits per heavy atom. The Morgan fingerprint density at radius 2 is 1.86 bits per heavy atom. The van der Waals surface area contributed by atoms with Crippen LogP contribution in [0.15, 0.2) is 48.5 Å². The number of carbonyl (C=O) groups excluding carboxylic acids is 1. The number of hydrogen-bond acceptors (Lipinski definition) is 4. The second-order valence-corrected chi connectivity index (χ2v) is 4.56. The molecule has 0 spiro atoms. The minimum absolute atomic E-state index is 0.0548. The van der Waals surface area contributed by atoms with Crippen LogP contribution in [-0.2, 0) is 4.79 Å². The number of nitrogen functional groups attached to an aromatic ring is 1. The van der Waals surface area contributed by atoms with E-state index in [0.717, 1.165) is 0 Å². The van der Waals surface area contributed by atoms with E-state index in [0.29, 0.717) is 36.6 Å². The Hall–Kier alpha value is -2.69. The summed E-state index contributed by atoms with van der Waals surface area (Å²) in [5.74, 6) is 0.513. The molecule has 5 heteroatoms. The van der Waals surface area contributed by atoms with Crippen LogP contribution in [0.1, 0.15) is 12.8 Å². The fraction of sp³-hybridized carbons (Fsp3) is 0.188. The summed E-state index contributed by atoms with van der Waals surface area (Å²) in [6, 6.07) is 13.8. The fourth-order valence-corrected chi connectivity index (χ4v) is 1.82. The van der Waals surface area contributed by atoms with E-state index in [1.807, 2.05) is 12.1 Å². The lowest BCUT2D eigenvalue weighted by Crippen LogP contribution is -2.13. The highest BCUT2D eigenvalue weighted by atomic mass is 16.5. The monoisotopic (exact) mass is 286 g/mol. The Labute approximate surface area is 123 Å². The second kappa shape index (κ2) is 7.19. The third-order valence-electron chi connectivity index (χ3n) is 2.90. The summed E-state index contributed by atoms with van der Waals surface area (Å²) >= 11 is 0. The topological polar surface area (TPSA) is 84.6 Å². The first-order chi connectivity index (χ1) is 10.2. The minimum Gasteiger partial charge on any atom is -0.506 e. The molecule has 4 N–H and O–H groups in total. The van der Waals surface area contributed by atoms with Gasteiger partial charge in [-0.15, -0.1) is 0 Å². The first-order valence-electron chi connectivity index (χ1n) is 6.72. The van der Waals surface area contributed by atoms with Gasteiger partial charge in [-0.25, -0.2) is 0 Å². The first kappa shape index (κ1) is 14.7. The molecule has 21 heavy (non-hydrogen) atoms. The number of phenolic OH excluding ortho intramolecular Hbond substituents is 1. The van der Waals surface area contributed by atoms with Crippen molar-refractivity contribution in [3.63, 3.8) is 0 Å². The molecule has 0 saturated heterocycles. The maximum absolute atomic E-state index is 11.7. The molecule has 0 heterocycles. The summed E-state index contributed by atoms with van der Waals surface area (Å²) in [6.45, 7) is 0.405. The molecule has 1 amide bonds. The zero-order valence-electron chi connectivity index (χ0n) is 11.6. The van der Waals surface area contributed by atoms with Crippen LogP contribution in [0.25, 0.3) is 0 Å². The molecule has 0 aliphatic carbocycles. The van der Waals surface area contributed by atoms with Gasteiger partial charge in [0.1, 0.15) is 11.5 Å². The molecule has 0 aromatic heterocycles. The zero-order valence-corrected chi connectivity index (χ0v) is 11.6. The van der Waals surface area contributed by atoms with Crippen molar-refractivity contribution in [1.29, 1.82) is 0 Å². The van der Waals surface area contributed by atoms with Crippen molar-refractivity contribution < 1.29 is 14.6 Å². The van der Waals surface area contributed by atoms with Gasteiger partial charge in [0.2, 0.25) is 5.91 Å². The van der Waals surface area contributed by atoms with E-state index in [4.69, 9.17) is 10.5 Å². The average Bonchev–Trinajstić information content (AvgIpc) is 2.48. The number of amides is 1. The third-order valence-corrected chi connectivity index (χ3v) is 2.90. The summed E-state index contributed by atoms with van der Waals surface area (Å²) in [7, 11) is 0. The molecule has 0 unspecified atom stereocenters. The van der Waals surface area contributed by atoms with Gasteiger partial charge in [-0.3, -0.25) is 4.79 Å². The van der Waals surface area contributed by atoms with Crippen LogP contribution in [0.2, 0.25) is 0 Å². The smallest absolute Gasteiger partial charge is 0.224 e. The molecule has 0 atom stereocenters. The number of carbonyl (C=O) groups is 1. The molecular formula is C16H18N2O3. The van der Waals surface area contributed by atoms with Crippen LogP contribution in [0.4, 0.5) is 11.4 Å². The quantitative estimate of drug-likeness (QED) is 0.433. The molecule has 0 bridgehead atoms. The van der Waals surface area contributed by atoms with Crippen molar-refractivity contribution in [2.45, 2.75) is 12.8 Å². The lowest BCUT2D eigenvalue weighted by molar-refractivity contribution is -0.116. The van der Waals surface area contributed by atoms with E-state index in [9.17, 15) is 9.90 Å². The molecule has 0 saturated carbocycles. The van der Waals surface area contributed by atoms with Gasteiger partial charge in [-0.2, -0.15) is 0 Å². The highest BCUT2D eigenvalue weighted by Gasteiger charge is 2.06. The third kappa shape index (κ3) is 4.42. The molecule has 2 rings (SSSR count). The Morgan fingerprint density at radius 3 is 2.62 bits per heavy atom. The fourth-order valence-electron chi connectivity index (χ4n) is 1.82. The van der Waals surface area contributed by atoms with Gasteiger partial charge in [-0.05, 0) is 30.7 Å². The number of ether oxygens (including phenoxy) is 1. The van der Waals surface area contributed by atoms with Gasteiger partial charge >= 0.3 is 0 Å². The molecule has 0 aliphatic rings. The summed E-state index contributed by atoms with van der Waals surface area (Å²) in [4.78, 5) is 11.7. The summed E-state index contributed by atoms with van der Waals surface area (Å²) < 4.78 is 5.51. The van der Waals surface area contributed by atoms with E-state index in [1.165, 1.54) is 6.07 Å². The summed E-state index contributed by atoms with van der Waals surface area (Å²) in [6.07, 6.45) is 0.870. The summed E-state index contributed by atoms with van der Waals surface area (Å²) in [5, 5.41) is 12.2. The maximum atomic E-state index is 11.7. The SMILES string of the molecule is Nc1ccccc1OCCCC(=O)Nc1ccccc1O. The number of nitrogens with two attached hydrogens (primary N) is 1. The normalized spacial score (nSPS) is 10.1. The molecule has 110 valence electrons. The van der Waals surface area contributed by atoms with Crippen LogP contribution in [-0.4, -0.2) is 17.6 Å². The number of phenols is 1. The maximum Gasteiger partial charge on any atom is 0.224 e. The minimum atomic E-state index is -0.166. The van der Waals surface area contributed by atoms with E-state index in [1.54, 1.807) is 30.3 Å². The van der Waals surface area contributed by atoms with E-state index in [2.05, 4.69) is 5.32 Å². The number of nitrogens with one attached hydrogen (secondary N) is 1. The highest BCUT2D eigenvalue weighted by Crippen LogP contribution is 2.22. The average molecular weight is 286 g/mol. The lowest BCUT2D eigenvalue weighted by Gasteiger charge is -2.09. The van der Waals surface area contributed by atoms with Gasteiger partial charge in [-0.1, -0.05) is 24.3 Å². The number of para-hydroxylation sites is 4. The highest BCUT2D eigenvalue weighted by molar-refractivity contribution is 5.92. The second-order valence-electron chi connectivity index (χ2n) is 4.56.